The van der Waals surface area contributed by atoms with E-state index in [1.807, 2.05) is 10.9 Å². The van der Waals surface area contributed by atoms with Gasteiger partial charge in [-0.05, 0) is 37.6 Å². The molecule has 1 fully saturated rings. The standard InChI is InChI=1S/C18H24N6O/c19-16(14-5-1-2-6-17(14)25)8-15(18(20)21)12-9-23-24(11-12)13-4-3-7-22-10-13/h1-2,5-6,8-9,11,13,22,25H,3-4,7,10,19-21H2/b16-8-. The lowest BCUT2D eigenvalue weighted by molar-refractivity contribution is 0.347. The fourth-order valence-electron chi connectivity index (χ4n) is 3.02. The summed E-state index contributed by atoms with van der Waals surface area (Å²) in [6.07, 6.45) is 7.55. The summed E-state index contributed by atoms with van der Waals surface area (Å²) in [6.45, 7) is 1.94. The van der Waals surface area contributed by atoms with Gasteiger partial charge in [0.2, 0.25) is 0 Å². The molecule has 7 heteroatoms. The molecule has 1 aromatic heterocycles. The third-order valence-corrected chi connectivity index (χ3v) is 4.38. The lowest BCUT2D eigenvalue weighted by Crippen LogP contribution is -2.31. The number of para-hydroxylation sites is 1. The highest BCUT2D eigenvalue weighted by atomic mass is 16.3. The Balaban J connectivity index is 1.90. The highest BCUT2D eigenvalue weighted by Crippen LogP contribution is 2.26. The number of phenols is 1. The van der Waals surface area contributed by atoms with Gasteiger partial charge in [0.1, 0.15) is 11.6 Å². The number of nitrogens with two attached hydrogens (primary N) is 3. The van der Waals surface area contributed by atoms with E-state index in [0.717, 1.165) is 31.5 Å². The summed E-state index contributed by atoms with van der Waals surface area (Å²) in [4.78, 5) is 0. The number of nitrogens with one attached hydrogen (secondary N) is 1. The minimum Gasteiger partial charge on any atom is -0.507 e. The van der Waals surface area contributed by atoms with Crippen molar-refractivity contribution in [3.05, 3.63) is 59.7 Å². The first-order valence-corrected chi connectivity index (χ1v) is 8.32. The second-order valence-electron chi connectivity index (χ2n) is 6.20. The SMILES string of the molecule is NC(N)=C(/C=C(\N)c1ccccc1O)c1cnn(C2CCCNC2)c1. The average Bonchev–Trinajstić information content (AvgIpc) is 3.10. The van der Waals surface area contributed by atoms with Gasteiger partial charge in [0.15, 0.2) is 0 Å². The van der Waals surface area contributed by atoms with Crippen molar-refractivity contribution in [1.29, 1.82) is 0 Å². The van der Waals surface area contributed by atoms with E-state index in [-0.39, 0.29) is 11.6 Å². The molecule has 1 aromatic carbocycles. The molecule has 0 radical (unpaired) electrons. The van der Waals surface area contributed by atoms with Crippen molar-refractivity contribution < 1.29 is 5.11 Å². The van der Waals surface area contributed by atoms with Gasteiger partial charge in [-0.1, -0.05) is 12.1 Å². The number of nitrogens with zero attached hydrogens (tertiary/aromatic N) is 2. The summed E-state index contributed by atoms with van der Waals surface area (Å²) in [5.41, 5.74) is 20.2. The third kappa shape index (κ3) is 3.77. The maximum absolute atomic E-state index is 9.95. The third-order valence-electron chi connectivity index (χ3n) is 4.38. The molecule has 132 valence electrons. The van der Waals surface area contributed by atoms with Crippen molar-refractivity contribution in [1.82, 2.24) is 15.1 Å². The molecule has 0 amide bonds. The normalized spacial score (nSPS) is 18.1. The highest BCUT2D eigenvalue weighted by molar-refractivity contribution is 5.84. The predicted molar refractivity (Wildman–Crippen MR) is 98.9 cm³/mol. The fourth-order valence-corrected chi connectivity index (χ4v) is 3.02. The van der Waals surface area contributed by atoms with Crippen LogP contribution in [0.4, 0.5) is 0 Å². The van der Waals surface area contributed by atoms with Crippen LogP contribution in [0, 0.1) is 0 Å². The van der Waals surface area contributed by atoms with Crippen molar-refractivity contribution in [3.63, 3.8) is 0 Å². The molecule has 0 spiro atoms. The smallest absolute Gasteiger partial charge is 0.124 e. The van der Waals surface area contributed by atoms with E-state index in [1.54, 1.807) is 36.5 Å². The van der Waals surface area contributed by atoms with Crippen LogP contribution in [0.1, 0.15) is 30.0 Å². The Morgan fingerprint density at radius 1 is 1.28 bits per heavy atom. The molecule has 2 aromatic rings. The van der Waals surface area contributed by atoms with Crippen LogP contribution in [0.5, 0.6) is 5.75 Å². The van der Waals surface area contributed by atoms with E-state index in [4.69, 9.17) is 17.2 Å². The minimum atomic E-state index is 0.107. The fraction of sp³-hybridized carbons (Fsp3) is 0.278. The monoisotopic (exact) mass is 340 g/mol. The van der Waals surface area contributed by atoms with Crippen molar-refractivity contribution in [3.8, 4) is 5.75 Å². The molecular weight excluding hydrogens is 316 g/mol. The van der Waals surface area contributed by atoms with Crippen LogP contribution in [0.3, 0.4) is 0 Å². The number of aromatic nitrogens is 2. The number of phenolic OH excluding ortho intramolecular Hbond substituents is 1. The number of piperidine rings is 1. The molecule has 1 atom stereocenters. The van der Waals surface area contributed by atoms with Crippen LogP contribution in [0.15, 0.2) is 48.6 Å². The summed E-state index contributed by atoms with van der Waals surface area (Å²) >= 11 is 0. The number of allylic oxidation sites excluding steroid dienone is 2. The Morgan fingerprint density at radius 3 is 2.76 bits per heavy atom. The second-order valence-corrected chi connectivity index (χ2v) is 6.20. The maximum atomic E-state index is 9.95. The maximum Gasteiger partial charge on any atom is 0.124 e. The van der Waals surface area contributed by atoms with Gasteiger partial charge in [0.25, 0.3) is 0 Å². The van der Waals surface area contributed by atoms with E-state index < -0.39 is 0 Å². The van der Waals surface area contributed by atoms with Crippen LogP contribution in [-0.4, -0.2) is 28.0 Å². The van der Waals surface area contributed by atoms with Crippen molar-refractivity contribution in [2.45, 2.75) is 18.9 Å². The summed E-state index contributed by atoms with van der Waals surface area (Å²) in [5.74, 6) is 0.259. The predicted octanol–water partition coefficient (Wildman–Crippen LogP) is 1.10. The Labute approximate surface area is 146 Å². The lowest BCUT2D eigenvalue weighted by atomic mass is 10.0. The molecule has 2 heterocycles. The highest BCUT2D eigenvalue weighted by Gasteiger charge is 2.17. The van der Waals surface area contributed by atoms with Gasteiger partial charge in [0, 0.05) is 35.1 Å². The second kappa shape index (κ2) is 7.31. The first-order valence-electron chi connectivity index (χ1n) is 8.32. The largest absolute Gasteiger partial charge is 0.507 e. The van der Waals surface area contributed by atoms with Gasteiger partial charge < -0.3 is 27.6 Å². The van der Waals surface area contributed by atoms with Gasteiger partial charge in [0.05, 0.1) is 12.2 Å². The Hall–Kier alpha value is -2.93. The molecule has 3 rings (SSSR count). The molecule has 1 aliphatic rings. The number of benzene rings is 1. The molecule has 0 aliphatic carbocycles. The van der Waals surface area contributed by atoms with Gasteiger partial charge >= 0.3 is 0 Å². The van der Waals surface area contributed by atoms with E-state index in [2.05, 4.69) is 10.4 Å². The van der Waals surface area contributed by atoms with E-state index >= 15 is 0 Å². The number of hydrogen-bond acceptors (Lipinski definition) is 6. The van der Waals surface area contributed by atoms with Crippen LogP contribution < -0.4 is 22.5 Å². The molecule has 7 nitrogen and oxygen atoms in total. The summed E-state index contributed by atoms with van der Waals surface area (Å²) < 4.78 is 1.94. The molecule has 25 heavy (non-hydrogen) atoms. The molecule has 8 N–H and O–H groups in total. The van der Waals surface area contributed by atoms with Crippen molar-refractivity contribution in [2.75, 3.05) is 13.1 Å². The average molecular weight is 340 g/mol. The zero-order valence-corrected chi connectivity index (χ0v) is 14.0. The summed E-state index contributed by atoms with van der Waals surface area (Å²) in [5, 5.41) is 17.8. The minimum absolute atomic E-state index is 0.107. The number of rotatable bonds is 4. The number of aromatic hydroxyl groups is 1. The van der Waals surface area contributed by atoms with Gasteiger partial charge in [-0.25, -0.2) is 0 Å². The van der Waals surface area contributed by atoms with E-state index in [9.17, 15) is 5.11 Å². The molecular formula is C18H24N6O. The zero-order valence-electron chi connectivity index (χ0n) is 14.0. The Kier molecular flexibility index (Phi) is 4.95. The molecule has 1 saturated heterocycles. The molecule has 0 bridgehead atoms. The Bertz CT molecular complexity index is 797. The summed E-state index contributed by atoms with van der Waals surface area (Å²) in [7, 11) is 0. The van der Waals surface area contributed by atoms with Gasteiger partial charge in [-0.15, -0.1) is 0 Å². The first kappa shape index (κ1) is 16.9. The lowest BCUT2D eigenvalue weighted by Gasteiger charge is -2.22. The van der Waals surface area contributed by atoms with Gasteiger partial charge in [-0.2, -0.15) is 5.10 Å². The topological polar surface area (TPSA) is 128 Å². The number of hydrogen-bond donors (Lipinski definition) is 5. The molecule has 1 aliphatic heterocycles. The Morgan fingerprint density at radius 2 is 2.08 bits per heavy atom. The first-order chi connectivity index (χ1) is 12.1. The van der Waals surface area contributed by atoms with Crippen molar-refractivity contribution >= 4 is 11.3 Å². The van der Waals surface area contributed by atoms with Crippen LogP contribution in [0.25, 0.3) is 11.3 Å². The molecule has 1 unspecified atom stereocenters. The van der Waals surface area contributed by atoms with Crippen LogP contribution in [-0.2, 0) is 0 Å². The summed E-state index contributed by atoms with van der Waals surface area (Å²) in [6, 6.07) is 7.19. The quantitative estimate of drug-likeness (QED) is 0.530. The zero-order chi connectivity index (χ0) is 17.8. The van der Waals surface area contributed by atoms with E-state index in [0.29, 0.717) is 22.9 Å². The van der Waals surface area contributed by atoms with Crippen molar-refractivity contribution in [2.24, 2.45) is 17.2 Å². The van der Waals surface area contributed by atoms with Gasteiger partial charge in [-0.3, -0.25) is 4.68 Å². The van der Waals surface area contributed by atoms with Crippen LogP contribution >= 0.6 is 0 Å². The molecule has 0 saturated carbocycles. The van der Waals surface area contributed by atoms with Crippen LogP contribution in [0.2, 0.25) is 0 Å². The van der Waals surface area contributed by atoms with E-state index in [1.165, 1.54) is 0 Å².